The molecule has 0 spiro atoms. The number of hydrogen-bond donors (Lipinski definition) is 2. The summed E-state index contributed by atoms with van der Waals surface area (Å²) in [4.78, 5) is 6.01. The van der Waals surface area contributed by atoms with Crippen LogP contribution in [0, 0.1) is 0 Å². The Morgan fingerprint density at radius 3 is 3.00 bits per heavy atom. The van der Waals surface area contributed by atoms with E-state index in [1.165, 1.54) is 23.4 Å². The lowest BCUT2D eigenvalue weighted by Crippen LogP contribution is -2.20. The van der Waals surface area contributed by atoms with Crippen molar-refractivity contribution in [1.82, 2.24) is 20.1 Å². The van der Waals surface area contributed by atoms with E-state index in [1.54, 1.807) is 0 Å². The number of nitrogens with zero attached hydrogens (tertiary/aromatic N) is 2. The molecule has 1 aromatic carbocycles. The van der Waals surface area contributed by atoms with Crippen LogP contribution in [0.2, 0.25) is 0 Å². The minimum atomic E-state index is -3.24. The molecule has 1 atom stereocenters. The molecule has 0 aliphatic carbocycles. The molecule has 1 fully saturated rings. The molecule has 0 unspecified atom stereocenters. The molecule has 2 N–H and O–H groups in total. The lowest BCUT2D eigenvalue weighted by molar-refractivity contribution is 0.327. The Morgan fingerprint density at radius 2 is 2.17 bits per heavy atom. The van der Waals surface area contributed by atoms with Crippen molar-refractivity contribution in [3.63, 3.8) is 0 Å². The van der Waals surface area contributed by atoms with Crippen LogP contribution in [0.4, 0.5) is 0 Å². The summed E-state index contributed by atoms with van der Waals surface area (Å²) in [5.41, 5.74) is 3.18. The fraction of sp³-hybridized carbons (Fsp3) is 0.353. The third kappa shape index (κ3) is 2.74. The molecule has 3 aromatic rings. The van der Waals surface area contributed by atoms with Crippen LogP contribution in [0.1, 0.15) is 23.6 Å². The van der Waals surface area contributed by atoms with E-state index in [9.17, 15) is 8.42 Å². The quantitative estimate of drug-likeness (QED) is 0.761. The lowest BCUT2D eigenvalue weighted by Gasteiger charge is -2.15. The van der Waals surface area contributed by atoms with Crippen molar-refractivity contribution >= 4 is 20.7 Å². The topological polar surface area (TPSA) is 81.8 Å². The molecule has 126 valence electrons. The average Bonchev–Trinajstić information content (AvgIpc) is 3.25. The van der Waals surface area contributed by atoms with Gasteiger partial charge in [-0.25, -0.2) is 8.42 Å². The van der Waals surface area contributed by atoms with Gasteiger partial charge >= 0.3 is 0 Å². The van der Waals surface area contributed by atoms with Gasteiger partial charge in [0.05, 0.1) is 11.9 Å². The SMILES string of the molecule is CS(=O)(=O)c1cn[nH]c1[C@@H]1CCN(Cc2c[nH]c3ccccc23)C1. The number of sulfone groups is 1. The van der Waals surface area contributed by atoms with E-state index >= 15 is 0 Å². The van der Waals surface area contributed by atoms with Crippen molar-refractivity contribution in [2.45, 2.75) is 23.8 Å². The fourth-order valence-corrected chi connectivity index (χ4v) is 4.44. The second-order valence-corrected chi connectivity index (χ2v) is 8.48. The van der Waals surface area contributed by atoms with Crippen LogP contribution >= 0.6 is 0 Å². The fourth-order valence-electron chi connectivity index (χ4n) is 3.59. The number of fused-ring (bicyclic) bond motifs is 1. The van der Waals surface area contributed by atoms with Gasteiger partial charge in [-0.3, -0.25) is 10.00 Å². The maximum atomic E-state index is 11.9. The number of aromatic nitrogens is 3. The van der Waals surface area contributed by atoms with Gasteiger partial charge in [0.25, 0.3) is 0 Å². The van der Waals surface area contributed by atoms with Crippen molar-refractivity contribution in [1.29, 1.82) is 0 Å². The molecular formula is C17H20N4O2S. The van der Waals surface area contributed by atoms with Crippen LogP contribution < -0.4 is 0 Å². The molecule has 7 heteroatoms. The summed E-state index contributed by atoms with van der Waals surface area (Å²) in [6, 6.07) is 8.29. The molecular weight excluding hydrogens is 324 g/mol. The van der Waals surface area contributed by atoms with E-state index < -0.39 is 9.84 Å². The third-order valence-electron chi connectivity index (χ3n) is 4.78. The first-order valence-corrected chi connectivity index (χ1v) is 9.92. The maximum Gasteiger partial charge on any atom is 0.178 e. The van der Waals surface area contributed by atoms with E-state index in [1.807, 2.05) is 6.07 Å². The number of nitrogens with one attached hydrogen (secondary N) is 2. The first-order valence-electron chi connectivity index (χ1n) is 8.03. The Labute approximate surface area is 140 Å². The monoisotopic (exact) mass is 344 g/mol. The Morgan fingerprint density at radius 1 is 1.33 bits per heavy atom. The number of rotatable bonds is 4. The van der Waals surface area contributed by atoms with Gasteiger partial charge in [-0.1, -0.05) is 18.2 Å². The normalized spacial score (nSPS) is 19.3. The first kappa shape index (κ1) is 15.4. The highest BCUT2D eigenvalue weighted by molar-refractivity contribution is 7.90. The molecule has 6 nitrogen and oxygen atoms in total. The highest BCUT2D eigenvalue weighted by atomic mass is 32.2. The molecule has 1 aliphatic heterocycles. The van der Waals surface area contributed by atoms with Crippen molar-refractivity contribution in [2.24, 2.45) is 0 Å². The standard InChI is InChI=1S/C17H20N4O2S/c1-24(22,23)16-9-19-20-17(16)12-6-7-21(10-12)11-13-8-18-15-5-3-2-4-14(13)15/h2-5,8-9,12,18H,6-7,10-11H2,1H3,(H,19,20)/t12-/m1/s1. The van der Waals surface area contributed by atoms with Crippen LogP contribution in [0.25, 0.3) is 10.9 Å². The van der Waals surface area contributed by atoms with Gasteiger partial charge in [0.1, 0.15) is 4.90 Å². The number of aromatic amines is 2. The third-order valence-corrected chi connectivity index (χ3v) is 5.91. The zero-order valence-electron chi connectivity index (χ0n) is 13.5. The van der Waals surface area contributed by atoms with Crippen molar-refractivity contribution < 1.29 is 8.42 Å². The van der Waals surface area contributed by atoms with Gasteiger partial charge in [-0.15, -0.1) is 0 Å². The van der Waals surface area contributed by atoms with Gasteiger partial charge in [-0.05, 0) is 24.6 Å². The number of para-hydroxylation sites is 1. The second kappa shape index (κ2) is 5.75. The maximum absolute atomic E-state index is 11.9. The largest absolute Gasteiger partial charge is 0.361 e. The Bertz CT molecular complexity index is 973. The van der Waals surface area contributed by atoms with E-state index in [2.05, 4.69) is 44.5 Å². The molecule has 2 aromatic heterocycles. The molecule has 1 aliphatic rings. The smallest absolute Gasteiger partial charge is 0.178 e. The van der Waals surface area contributed by atoms with E-state index in [0.717, 1.165) is 37.3 Å². The molecule has 0 radical (unpaired) electrons. The molecule has 24 heavy (non-hydrogen) atoms. The first-order chi connectivity index (χ1) is 11.5. The van der Waals surface area contributed by atoms with Crippen LogP contribution in [-0.4, -0.2) is 47.8 Å². The summed E-state index contributed by atoms with van der Waals surface area (Å²) in [5.74, 6) is 0.183. The zero-order valence-corrected chi connectivity index (χ0v) is 14.3. The molecule has 1 saturated heterocycles. The van der Waals surface area contributed by atoms with Crippen LogP contribution in [0.5, 0.6) is 0 Å². The Kier molecular flexibility index (Phi) is 3.69. The molecule has 4 rings (SSSR count). The lowest BCUT2D eigenvalue weighted by atomic mass is 10.1. The van der Waals surface area contributed by atoms with E-state index in [-0.39, 0.29) is 5.92 Å². The van der Waals surface area contributed by atoms with Gasteiger partial charge in [0.15, 0.2) is 9.84 Å². The molecule has 0 bridgehead atoms. The number of H-pyrrole nitrogens is 2. The summed E-state index contributed by atoms with van der Waals surface area (Å²) in [5, 5.41) is 8.10. The van der Waals surface area contributed by atoms with Crippen molar-refractivity contribution in [3.05, 3.63) is 47.9 Å². The highest BCUT2D eigenvalue weighted by Crippen LogP contribution is 2.31. The van der Waals surface area contributed by atoms with E-state index in [4.69, 9.17) is 0 Å². The number of likely N-dealkylation sites (tertiary alicyclic amines) is 1. The van der Waals surface area contributed by atoms with Crippen LogP contribution in [-0.2, 0) is 16.4 Å². The van der Waals surface area contributed by atoms with Crippen molar-refractivity contribution in [3.8, 4) is 0 Å². The van der Waals surface area contributed by atoms with Crippen molar-refractivity contribution in [2.75, 3.05) is 19.3 Å². The zero-order chi connectivity index (χ0) is 16.7. The van der Waals surface area contributed by atoms with Gasteiger partial charge in [0.2, 0.25) is 0 Å². The number of benzene rings is 1. The minimum absolute atomic E-state index is 0.183. The minimum Gasteiger partial charge on any atom is -0.361 e. The predicted octanol–water partition coefficient (Wildman–Crippen LogP) is 2.28. The molecule has 0 amide bonds. The summed E-state index contributed by atoms with van der Waals surface area (Å²) < 4.78 is 23.8. The molecule has 3 heterocycles. The molecule has 0 saturated carbocycles. The average molecular weight is 344 g/mol. The summed E-state index contributed by atoms with van der Waals surface area (Å²) in [6.45, 7) is 2.65. The number of hydrogen-bond acceptors (Lipinski definition) is 4. The second-order valence-electron chi connectivity index (χ2n) is 6.50. The van der Waals surface area contributed by atoms with Gasteiger partial charge < -0.3 is 4.98 Å². The summed E-state index contributed by atoms with van der Waals surface area (Å²) in [6.07, 6.45) is 5.66. The van der Waals surface area contributed by atoms with Crippen LogP contribution in [0.3, 0.4) is 0 Å². The predicted molar refractivity (Wildman–Crippen MR) is 92.6 cm³/mol. The summed E-state index contributed by atoms with van der Waals surface area (Å²) in [7, 11) is -3.24. The van der Waals surface area contributed by atoms with E-state index in [0.29, 0.717) is 4.90 Å². The highest BCUT2D eigenvalue weighted by Gasteiger charge is 2.29. The summed E-state index contributed by atoms with van der Waals surface area (Å²) >= 11 is 0. The van der Waals surface area contributed by atoms with Gasteiger partial charge in [0, 0.05) is 42.4 Å². The Hall–Kier alpha value is -2.12. The van der Waals surface area contributed by atoms with Crippen LogP contribution in [0.15, 0.2) is 41.6 Å². The Balaban J connectivity index is 1.52. The van der Waals surface area contributed by atoms with Gasteiger partial charge in [-0.2, -0.15) is 5.10 Å².